The van der Waals surface area contributed by atoms with Gasteiger partial charge in [-0.15, -0.1) is 0 Å². The highest BCUT2D eigenvalue weighted by molar-refractivity contribution is 7.98. The molecule has 0 heterocycles. The molecule has 1 nitrogen and oxygen atoms in total. The van der Waals surface area contributed by atoms with Gasteiger partial charge in [-0.2, -0.15) is 11.8 Å². The van der Waals surface area contributed by atoms with E-state index in [1.807, 2.05) is 30.0 Å². The van der Waals surface area contributed by atoms with Crippen LogP contribution in [0.1, 0.15) is 18.4 Å². The van der Waals surface area contributed by atoms with Gasteiger partial charge in [0, 0.05) is 15.8 Å². The van der Waals surface area contributed by atoms with E-state index in [-0.39, 0.29) is 0 Å². The Bertz CT molecular complexity index is 284. The van der Waals surface area contributed by atoms with Crippen LogP contribution in [0.3, 0.4) is 0 Å². The zero-order chi connectivity index (χ0) is 11.1. The van der Waals surface area contributed by atoms with Crippen LogP contribution in [-0.4, -0.2) is 12.3 Å². The Morgan fingerprint density at radius 1 is 1.13 bits per heavy atom. The van der Waals surface area contributed by atoms with Gasteiger partial charge in [0.15, 0.2) is 0 Å². The molecule has 1 aromatic rings. The second-order valence-electron chi connectivity index (χ2n) is 3.25. The van der Waals surface area contributed by atoms with E-state index in [0.717, 1.165) is 46.5 Å². The van der Waals surface area contributed by atoms with Crippen LogP contribution >= 0.6 is 35.0 Å². The zero-order valence-electron chi connectivity index (χ0n) is 8.51. The van der Waals surface area contributed by atoms with Crippen LogP contribution < -0.4 is 5.73 Å². The standard InChI is InChI=1S/C11H15Cl2NS/c12-10-4-3-5-11(13)9(10)8-15-7-2-1-6-14/h3-5H,1-2,6-8,14H2. The van der Waals surface area contributed by atoms with E-state index >= 15 is 0 Å². The predicted molar refractivity (Wildman–Crippen MR) is 70.9 cm³/mol. The summed E-state index contributed by atoms with van der Waals surface area (Å²) in [6.07, 6.45) is 2.24. The van der Waals surface area contributed by atoms with Gasteiger partial charge < -0.3 is 5.73 Å². The molecule has 0 saturated carbocycles. The summed E-state index contributed by atoms with van der Waals surface area (Å²) in [5.74, 6) is 1.99. The summed E-state index contributed by atoms with van der Waals surface area (Å²) in [5, 5.41) is 1.52. The molecule has 0 aliphatic rings. The summed E-state index contributed by atoms with van der Waals surface area (Å²) in [6.45, 7) is 0.771. The summed E-state index contributed by atoms with van der Waals surface area (Å²) in [7, 11) is 0. The molecule has 0 aliphatic carbocycles. The third kappa shape index (κ3) is 4.64. The number of unbranched alkanes of at least 4 members (excludes halogenated alkanes) is 1. The number of hydrogen-bond donors (Lipinski definition) is 1. The first-order chi connectivity index (χ1) is 7.25. The molecule has 0 unspecified atom stereocenters. The summed E-state index contributed by atoms with van der Waals surface area (Å²) in [5.41, 5.74) is 6.46. The van der Waals surface area contributed by atoms with Gasteiger partial charge in [-0.3, -0.25) is 0 Å². The Labute approximate surface area is 105 Å². The molecule has 1 aromatic carbocycles. The van der Waals surface area contributed by atoms with Gasteiger partial charge in [-0.25, -0.2) is 0 Å². The zero-order valence-corrected chi connectivity index (χ0v) is 10.8. The maximum atomic E-state index is 6.05. The molecule has 0 aliphatic heterocycles. The molecule has 0 spiro atoms. The smallest absolute Gasteiger partial charge is 0.0461 e. The average Bonchev–Trinajstić information content (AvgIpc) is 2.21. The molecule has 0 aromatic heterocycles. The molecule has 0 saturated heterocycles. The van der Waals surface area contributed by atoms with Gasteiger partial charge in [0.1, 0.15) is 0 Å². The fourth-order valence-electron chi connectivity index (χ4n) is 1.19. The average molecular weight is 264 g/mol. The van der Waals surface area contributed by atoms with Crippen molar-refractivity contribution >= 4 is 35.0 Å². The summed E-state index contributed by atoms with van der Waals surface area (Å²) < 4.78 is 0. The van der Waals surface area contributed by atoms with Crippen LogP contribution in [0.4, 0.5) is 0 Å². The van der Waals surface area contributed by atoms with Crippen LogP contribution in [0.2, 0.25) is 10.0 Å². The molecule has 0 bridgehead atoms. The molecule has 0 amide bonds. The fourth-order valence-corrected chi connectivity index (χ4v) is 2.95. The van der Waals surface area contributed by atoms with Crippen molar-refractivity contribution in [3.05, 3.63) is 33.8 Å². The van der Waals surface area contributed by atoms with Crippen molar-refractivity contribution in [2.75, 3.05) is 12.3 Å². The van der Waals surface area contributed by atoms with Crippen molar-refractivity contribution in [1.82, 2.24) is 0 Å². The number of rotatable bonds is 6. The fraction of sp³-hybridized carbons (Fsp3) is 0.455. The summed E-state index contributed by atoms with van der Waals surface area (Å²) >= 11 is 14.0. The Morgan fingerprint density at radius 2 is 1.80 bits per heavy atom. The normalized spacial score (nSPS) is 10.6. The topological polar surface area (TPSA) is 26.0 Å². The summed E-state index contributed by atoms with van der Waals surface area (Å²) in [4.78, 5) is 0. The van der Waals surface area contributed by atoms with E-state index in [9.17, 15) is 0 Å². The minimum absolute atomic E-state index is 0.758. The summed E-state index contributed by atoms with van der Waals surface area (Å²) in [6, 6.07) is 5.62. The van der Waals surface area contributed by atoms with Gasteiger partial charge in [0.2, 0.25) is 0 Å². The lowest BCUT2D eigenvalue weighted by Gasteiger charge is -2.06. The van der Waals surface area contributed by atoms with Crippen LogP contribution in [0.5, 0.6) is 0 Å². The SMILES string of the molecule is NCCCCSCc1c(Cl)cccc1Cl. The second kappa shape index (κ2) is 7.39. The van der Waals surface area contributed by atoms with Crippen LogP contribution in [0, 0.1) is 0 Å². The molecular weight excluding hydrogens is 249 g/mol. The molecule has 4 heteroatoms. The Balaban J connectivity index is 2.37. The lowest BCUT2D eigenvalue weighted by atomic mass is 10.2. The molecular formula is C11H15Cl2NS. The third-order valence-electron chi connectivity index (χ3n) is 2.05. The molecule has 0 atom stereocenters. The van der Waals surface area contributed by atoms with Gasteiger partial charge in [-0.05, 0) is 42.8 Å². The van der Waals surface area contributed by atoms with Crippen molar-refractivity contribution in [3.8, 4) is 0 Å². The number of nitrogens with two attached hydrogens (primary N) is 1. The molecule has 15 heavy (non-hydrogen) atoms. The first kappa shape index (κ1) is 13.2. The lowest BCUT2D eigenvalue weighted by Crippen LogP contribution is -1.98. The second-order valence-corrected chi connectivity index (χ2v) is 5.17. The highest BCUT2D eigenvalue weighted by Gasteiger charge is 2.04. The Kier molecular flexibility index (Phi) is 6.50. The minimum atomic E-state index is 0.758. The van der Waals surface area contributed by atoms with Crippen molar-refractivity contribution in [1.29, 1.82) is 0 Å². The molecule has 0 radical (unpaired) electrons. The minimum Gasteiger partial charge on any atom is -0.330 e. The van der Waals surface area contributed by atoms with E-state index in [2.05, 4.69) is 0 Å². The monoisotopic (exact) mass is 263 g/mol. The van der Waals surface area contributed by atoms with Crippen molar-refractivity contribution < 1.29 is 0 Å². The quantitative estimate of drug-likeness (QED) is 0.787. The maximum absolute atomic E-state index is 6.05. The van der Waals surface area contributed by atoms with E-state index in [0.29, 0.717) is 0 Å². The van der Waals surface area contributed by atoms with Gasteiger partial charge in [0.25, 0.3) is 0 Å². The predicted octanol–water partition coefficient (Wildman–Crippen LogP) is 3.97. The van der Waals surface area contributed by atoms with Gasteiger partial charge in [-0.1, -0.05) is 29.3 Å². The number of benzene rings is 1. The highest BCUT2D eigenvalue weighted by Crippen LogP contribution is 2.28. The number of thioether (sulfide) groups is 1. The molecule has 2 N–H and O–H groups in total. The van der Waals surface area contributed by atoms with Crippen molar-refractivity contribution in [2.24, 2.45) is 5.73 Å². The Morgan fingerprint density at radius 3 is 2.40 bits per heavy atom. The molecule has 84 valence electrons. The molecule has 0 fully saturated rings. The van der Waals surface area contributed by atoms with E-state index in [1.54, 1.807) is 0 Å². The first-order valence-electron chi connectivity index (χ1n) is 4.96. The number of hydrogen-bond acceptors (Lipinski definition) is 2. The van der Waals surface area contributed by atoms with E-state index < -0.39 is 0 Å². The number of halogens is 2. The third-order valence-corrected chi connectivity index (χ3v) is 3.83. The maximum Gasteiger partial charge on any atom is 0.0461 e. The van der Waals surface area contributed by atoms with Gasteiger partial charge in [0.05, 0.1) is 0 Å². The molecule has 1 rings (SSSR count). The van der Waals surface area contributed by atoms with Crippen LogP contribution in [0.25, 0.3) is 0 Å². The van der Waals surface area contributed by atoms with Crippen molar-refractivity contribution in [2.45, 2.75) is 18.6 Å². The van der Waals surface area contributed by atoms with Crippen molar-refractivity contribution in [3.63, 3.8) is 0 Å². The van der Waals surface area contributed by atoms with Crippen LogP contribution in [-0.2, 0) is 5.75 Å². The lowest BCUT2D eigenvalue weighted by molar-refractivity contribution is 0.814. The van der Waals surface area contributed by atoms with Crippen LogP contribution in [0.15, 0.2) is 18.2 Å². The van der Waals surface area contributed by atoms with E-state index in [1.165, 1.54) is 0 Å². The van der Waals surface area contributed by atoms with Gasteiger partial charge >= 0.3 is 0 Å². The Hall–Kier alpha value is 0.110. The highest BCUT2D eigenvalue weighted by atomic mass is 35.5. The first-order valence-corrected chi connectivity index (χ1v) is 6.87. The largest absolute Gasteiger partial charge is 0.330 e. The van der Waals surface area contributed by atoms with E-state index in [4.69, 9.17) is 28.9 Å².